The van der Waals surface area contributed by atoms with Crippen LogP contribution in [0.25, 0.3) is 0 Å². The van der Waals surface area contributed by atoms with E-state index in [1.165, 1.54) is 12.1 Å². The number of aliphatic hydroxyl groups is 1. The molecule has 0 saturated carbocycles. The van der Waals surface area contributed by atoms with Gasteiger partial charge >= 0.3 is 0 Å². The van der Waals surface area contributed by atoms with Crippen LogP contribution < -0.4 is 4.74 Å². The molecule has 4 heteroatoms. The molecule has 1 heterocycles. The first-order chi connectivity index (χ1) is 11.6. The second-order valence-electron chi connectivity index (χ2n) is 6.39. The molecular formula is C20H23FO3. The molecule has 0 aliphatic carbocycles. The van der Waals surface area contributed by atoms with Crippen molar-refractivity contribution in [2.75, 3.05) is 13.2 Å². The normalized spacial score (nSPS) is 18.1. The first-order valence-corrected chi connectivity index (χ1v) is 8.34. The van der Waals surface area contributed by atoms with Crippen LogP contribution >= 0.6 is 0 Å². The maximum Gasteiger partial charge on any atom is 0.127 e. The van der Waals surface area contributed by atoms with Gasteiger partial charge in [0, 0.05) is 24.7 Å². The van der Waals surface area contributed by atoms with Crippen molar-refractivity contribution >= 4 is 0 Å². The van der Waals surface area contributed by atoms with Crippen molar-refractivity contribution in [1.82, 2.24) is 0 Å². The topological polar surface area (TPSA) is 38.7 Å². The van der Waals surface area contributed by atoms with Gasteiger partial charge in [-0.1, -0.05) is 30.3 Å². The van der Waals surface area contributed by atoms with Gasteiger partial charge in [-0.3, -0.25) is 0 Å². The molecule has 24 heavy (non-hydrogen) atoms. The second kappa shape index (κ2) is 7.32. The lowest BCUT2D eigenvalue weighted by molar-refractivity contribution is -0.00859. The minimum atomic E-state index is -0.579. The summed E-state index contributed by atoms with van der Waals surface area (Å²) in [5.74, 6) is 0.141. The molecule has 0 bridgehead atoms. The van der Waals surface area contributed by atoms with E-state index >= 15 is 0 Å². The Morgan fingerprint density at radius 1 is 1.17 bits per heavy atom. The van der Waals surface area contributed by atoms with Gasteiger partial charge in [-0.2, -0.15) is 0 Å². The molecule has 1 fully saturated rings. The average molecular weight is 330 g/mol. The van der Waals surface area contributed by atoms with E-state index < -0.39 is 11.5 Å². The lowest BCUT2D eigenvalue weighted by atomic mass is 9.70. The minimum absolute atomic E-state index is 0.345. The van der Waals surface area contributed by atoms with Crippen molar-refractivity contribution in [3.8, 4) is 5.75 Å². The van der Waals surface area contributed by atoms with Gasteiger partial charge in [0.1, 0.15) is 18.2 Å². The van der Waals surface area contributed by atoms with Gasteiger partial charge in [0.2, 0.25) is 0 Å². The van der Waals surface area contributed by atoms with E-state index in [1.807, 2.05) is 36.4 Å². The summed E-state index contributed by atoms with van der Waals surface area (Å²) in [6.45, 7) is 3.29. The predicted molar refractivity (Wildman–Crippen MR) is 90.6 cm³/mol. The number of hydrogen-bond acceptors (Lipinski definition) is 3. The summed E-state index contributed by atoms with van der Waals surface area (Å²) in [5.41, 5.74) is 1.33. The van der Waals surface area contributed by atoms with E-state index in [1.54, 1.807) is 6.92 Å². The molecule has 1 saturated heterocycles. The van der Waals surface area contributed by atoms with Crippen LogP contribution in [0.5, 0.6) is 5.75 Å². The van der Waals surface area contributed by atoms with E-state index in [9.17, 15) is 9.50 Å². The molecule has 3 rings (SSSR count). The molecule has 2 aromatic carbocycles. The lowest BCUT2D eigenvalue weighted by Crippen LogP contribution is -2.43. The fraction of sp³-hybridized carbons (Fsp3) is 0.400. The van der Waals surface area contributed by atoms with Crippen LogP contribution in [-0.2, 0) is 16.8 Å². The van der Waals surface area contributed by atoms with Crippen molar-refractivity contribution < 1.29 is 19.0 Å². The number of halogens is 1. The Hall–Kier alpha value is -1.91. The summed E-state index contributed by atoms with van der Waals surface area (Å²) in [6, 6.07) is 14.5. The molecule has 1 aliphatic rings. The van der Waals surface area contributed by atoms with Crippen LogP contribution in [0.15, 0.2) is 48.5 Å². The summed E-state index contributed by atoms with van der Waals surface area (Å²) in [5, 5.41) is 10.4. The Morgan fingerprint density at radius 2 is 1.88 bits per heavy atom. The summed E-state index contributed by atoms with van der Waals surface area (Å²) >= 11 is 0. The van der Waals surface area contributed by atoms with Gasteiger partial charge in [0.25, 0.3) is 0 Å². The predicted octanol–water partition coefficient (Wildman–Crippen LogP) is 3.83. The highest BCUT2D eigenvalue weighted by Gasteiger charge is 2.39. The minimum Gasteiger partial charge on any atom is -0.489 e. The summed E-state index contributed by atoms with van der Waals surface area (Å²) < 4.78 is 25.4. The first kappa shape index (κ1) is 16.9. The van der Waals surface area contributed by atoms with Gasteiger partial charge in [-0.15, -0.1) is 0 Å². The quantitative estimate of drug-likeness (QED) is 0.905. The van der Waals surface area contributed by atoms with Crippen molar-refractivity contribution in [3.63, 3.8) is 0 Å². The molecule has 1 N–H and O–H groups in total. The van der Waals surface area contributed by atoms with Crippen molar-refractivity contribution in [2.45, 2.75) is 37.9 Å². The van der Waals surface area contributed by atoms with Crippen molar-refractivity contribution in [3.05, 3.63) is 65.5 Å². The Bertz CT molecular complexity index is 664. The van der Waals surface area contributed by atoms with Crippen LogP contribution in [0.2, 0.25) is 0 Å². The van der Waals surface area contributed by atoms with Crippen LogP contribution in [0.1, 0.15) is 30.9 Å². The molecule has 1 unspecified atom stereocenters. The zero-order valence-corrected chi connectivity index (χ0v) is 13.9. The van der Waals surface area contributed by atoms with Gasteiger partial charge in [-0.25, -0.2) is 4.39 Å². The third kappa shape index (κ3) is 3.60. The van der Waals surface area contributed by atoms with Gasteiger partial charge in [0.15, 0.2) is 0 Å². The van der Waals surface area contributed by atoms with Gasteiger partial charge < -0.3 is 14.6 Å². The number of benzene rings is 2. The Kier molecular flexibility index (Phi) is 5.17. The number of hydrogen-bond donors (Lipinski definition) is 1. The fourth-order valence-corrected chi connectivity index (χ4v) is 3.36. The maximum atomic E-state index is 14.1. The fourth-order valence-electron chi connectivity index (χ4n) is 3.36. The molecule has 0 spiro atoms. The SMILES string of the molecule is CC(O)C1(c2cc(F)cc(OCc3ccccc3)c2)CCOCC1. The van der Waals surface area contributed by atoms with E-state index in [2.05, 4.69) is 0 Å². The van der Waals surface area contributed by atoms with Gasteiger partial charge in [-0.05, 0) is 43.0 Å². The summed E-state index contributed by atoms with van der Waals surface area (Å²) in [4.78, 5) is 0. The molecule has 2 aromatic rings. The average Bonchev–Trinajstić information content (AvgIpc) is 2.61. The number of aliphatic hydroxyl groups excluding tert-OH is 1. The highest BCUT2D eigenvalue weighted by atomic mass is 19.1. The van der Waals surface area contributed by atoms with Crippen LogP contribution in [0, 0.1) is 5.82 Å². The molecule has 0 radical (unpaired) electrons. The van der Waals surface area contributed by atoms with E-state index in [4.69, 9.17) is 9.47 Å². The molecular weight excluding hydrogens is 307 g/mol. The Balaban J connectivity index is 1.85. The maximum absolute atomic E-state index is 14.1. The monoisotopic (exact) mass is 330 g/mol. The van der Waals surface area contributed by atoms with Crippen LogP contribution in [-0.4, -0.2) is 24.4 Å². The zero-order chi connectivity index (χ0) is 17.0. The van der Waals surface area contributed by atoms with Crippen molar-refractivity contribution in [2.24, 2.45) is 0 Å². The molecule has 3 nitrogen and oxygen atoms in total. The summed E-state index contributed by atoms with van der Waals surface area (Å²) in [6.07, 6.45) is 0.767. The van der Waals surface area contributed by atoms with Crippen molar-refractivity contribution in [1.29, 1.82) is 0 Å². The molecule has 1 aliphatic heterocycles. The third-order valence-electron chi connectivity index (χ3n) is 4.88. The van der Waals surface area contributed by atoms with Gasteiger partial charge in [0.05, 0.1) is 6.10 Å². The number of rotatable bonds is 5. The molecule has 0 amide bonds. The summed E-state index contributed by atoms with van der Waals surface area (Å²) in [7, 11) is 0. The Labute approximate surface area is 142 Å². The molecule has 0 aromatic heterocycles. The highest BCUT2D eigenvalue weighted by molar-refractivity contribution is 5.36. The molecule has 128 valence electrons. The van der Waals surface area contributed by atoms with Crippen LogP contribution in [0.4, 0.5) is 4.39 Å². The largest absolute Gasteiger partial charge is 0.489 e. The Morgan fingerprint density at radius 3 is 2.54 bits per heavy atom. The zero-order valence-electron chi connectivity index (χ0n) is 13.9. The molecule has 1 atom stereocenters. The van der Waals surface area contributed by atoms with E-state index in [0.717, 1.165) is 11.1 Å². The number of ether oxygens (including phenoxy) is 2. The lowest BCUT2D eigenvalue weighted by Gasteiger charge is -2.40. The highest BCUT2D eigenvalue weighted by Crippen LogP contribution is 2.39. The third-order valence-corrected chi connectivity index (χ3v) is 4.88. The first-order valence-electron chi connectivity index (χ1n) is 8.34. The smallest absolute Gasteiger partial charge is 0.127 e. The van der Waals surface area contributed by atoms with E-state index in [0.29, 0.717) is 38.4 Å². The second-order valence-corrected chi connectivity index (χ2v) is 6.39. The van der Waals surface area contributed by atoms with Crippen LogP contribution in [0.3, 0.4) is 0 Å². The van der Waals surface area contributed by atoms with E-state index in [-0.39, 0.29) is 5.82 Å². The standard InChI is InChI=1S/C20H23FO3/c1-15(22)20(7-9-23-10-8-20)17-11-18(21)13-19(12-17)24-14-16-5-3-2-4-6-16/h2-6,11-13,15,22H,7-10,14H2,1H3.